The van der Waals surface area contributed by atoms with E-state index in [4.69, 9.17) is 14.2 Å². The standard InChI is InChI=1S/C21H39O4P/c1-23-16-4-10-19(11-5-16)26(22,20-12-6-17(24-2)7-13-20)21-14-8-18(25-3)9-15-21/h16-21H,4-15H2,1-3H3. The average Bonchev–Trinajstić information content (AvgIpc) is 2.73. The van der Waals surface area contributed by atoms with Gasteiger partial charge in [-0.3, -0.25) is 0 Å². The van der Waals surface area contributed by atoms with Gasteiger partial charge in [-0.1, -0.05) is 0 Å². The minimum Gasteiger partial charge on any atom is -0.381 e. The molecule has 0 unspecified atom stereocenters. The maximum absolute atomic E-state index is 14.7. The first-order chi connectivity index (χ1) is 12.6. The molecule has 0 amide bonds. The van der Waals surface area contributed by atoms with Gasteiger partial charge in [-0.25, -0.2) is 0 Å². The van der Waals surface area contributed by atoms with E-state index in [1.54, 1.807) is 0 Å². The minimum absolute atomic E-state index is 0.383. The first-order valence-corrected chi connectivity index (χ1v) is 12.7. The first-order valence-electron chi connectivity index (χ1n) is 10.8. The molecule has 0 aromatic rings. The molecule has 0 aliphatic heterocycles. The van der Waals surface area contributed by atoms with Crippen molar-refractivity contribution >= 4 is 7.14 Å². The lowest BCUT2D eigenvalue weighted by Crippen LogP contribution is -2.36. The number of hydrogen-bond acceptors (Lipinski definition) is 4. The van der Waals surface area contributed by atoms with Crippen LogP contribution in [-0.4, -0.2) is 56.6 Å². The Morgan fingerprint density at radius 2 is 0.731 bits per heavy atom. The summed E-state index contributed by atoms with van der Waals surface area (Å²) in [5, 5.41) is 0. The van der Waals surface area contributed by atoms with Crippen molar-refractivity contribution in [2.45, 2.75) is 112 Å². The predicted molar refractivity (Wildman–Crippen MR) is 107 cm³/mol. The Labute approximate surface area is 160 Å². The third-order valence-electron chi connectivity index (χ3n) is 7.64. The van der Waals surface area contributed by atoms with Crippen LogP contribution >= 0.6 is 7.14 Å². The molecular formula is C21H39O4P. The van der Waals surface area contributed by atoms with E-state index in [9.17, 15) is 4.57 Å². The molecule has 0 atom stereocenters. The fourth-order valence-electron chi connectivity index (χ4n) is 5.95. The van der Waals surface area contributed by atoms with Crippen molar-refractivity contribution in [1.82, 2.24) is 0 Å². The van der Waals surface area contributed by atoms with Crippen LogP contribution in [0, 0.1) is 0 Å². The average molecular weight is 387 g/mol. The van der Waals surface area contributed by atoms with Crippen LogP contribution in [0.25, 0.3) is 0 Å². The van der Waals surface area contributed by atoms with Crippen molar-refractivity contribution in [3.63, 3.8) is 0 Å². The predicted octanol–water partition coefficient (Wildman–Crippen LogP) is 5.22. The van der Waals surface area contributed by atoms with E-state index in [0.29, 0.717) is 35.3 Å². The van der Waals surface area contributed by atoms with Crippen molar-refractivity contribution in [3.05, 3.63) is 0 Å². The molecule has 0 heterocycles. The largest absolute Gasteiger partial charge is 0.381 e. The third-order valence-corrected chi connectivity index (χ3v) is 12.6. The monoisotopic (exact) mass is 386 g/mol. The Morgan fingerprint density at radius 1 is 0.500 bits per heavy atom. The topological polar surface area (TPSA) is 44.8 Å². The lowest BCUT2D eigenvalue weighted by molar-refractivity contribution is 0.0657. The van der Waals surface area contributed by atoms with Crippen LogP contribution in [0.15, 0.2) is 0 Å². The molecule has 5 heteroatoms. The van der Waals surface area contributed by atoms with Crippen LogP contribution < -0.4 is 0 Å². The van der Waals surface area contributed by atoms with E-state index < -0.39 is 7.14 Å². The summed E-state index contributed by atoms with van der Waals surface area (Å²) < 4.78 is 31.5. The molecule has 0 radical (unpaired) electrons. The van der Waals surface area contributed by atoms with E-state index in [2.05, 4.69) is 0 Å². The quantitative estimate of drug-likeness (QED) is 0.587. The Morgan fingerprint density at radius 3 is 0.923 bits per heavy atom. The summed E-state index contributed by atoms with van der Waals surface area (Å²) >= 11 is 0. The molecule has 0 aromatic carbocycles. The van der Waals surface area contributed by atoms with Gasteiger partial charge in [-0.05, 0) is 77.0 Å². The normalized spacial score (nSPS) is 41.5. The number of ether oxygens (including phenoxy) is 3. The highest BCUT2D eigenvalue weighted by atomic mass is 31.2. The fourth-order valence-corrected chi connectivity index (χ4v) is 11.1. The number of rotatable bonds is 6. The second-order valence-corrected chi connectivity index (χ2v) is 12.5. The minimum atomic E-state index is -2.22. The first kappa shape index (κ1) is 20.8. The Hall–Kier alpha value is 0.110. The van der Waals surface area contributed by atoms with Gasteiger partial charge in [-0.2, -0.15) is 0 Å². The summed E-state index contributed by atoms with van der Waals surface area (Å²) in [6.07, 6.45) is 14.3. The summed E-state index contributed by atoms with van der Waals surface area (Å²) in [5.41, 5.74) is 1.30. The molecule has 0 aromatic heterocycles. The molecule has 4 nitrogen and oxygen atoms in total. The molecule has 152 valence electrons. The zero-order valence-electron chi connectivity index (χ0n) is 17.0. The molecule has 0 saturated heterocycles. The van der Waals surface area contributed by atoms with Crippen LogP contribution in [0.2, 0.25) is 0 Å². The molecule has 26 heavy (non-hydrogen) atoms. The Kier molecular flexibility index (Phi) is 7.65. The summed E-state index contributed by atoms with van der Waals surface area (Å²) in [7, 11) is 3.24. The van der Waals surface area contributed by atoms with Gasteiger partial charge in [0, 0.05) is 38.3 Å². The molecule has 3 rings (SSSR count). The molecule has 0 spiro atoms. The van der Waals surface area contributed by atoms with Crippen LogP contribution in [0.1, 0.15) is 77.0 Å². The van der Waals surface area contributed by atoms with Gasteiger partial charge in [0.1, 0.15) is 0 Å². The second kappa shape index (κ2) is 9.54. The van der Waals surface area contributed by atoms with Gasteiger partial charge in [0.05, 0.1) is 25.5 Å². The maximum atomic E-state index is 14.7. The third kappa shape index (κ3) is 4.40. The van der Waals surface area contributed by atoms with Gasteiger partial charge in [0.2, 0.25) is 0 Å². The van der Waals surface area contributed by atoms with E-state index in [1.165, 1.54) is 0 Å². The van der Waals surface area contributed by atoms with Crippen molar-refractivity contribution in [3.8, 4) is 0 Å². The van der Waals surface area contributed by atoms with E-state index >= 15 is 0 Å². The highest BCUT2D eigenvalue weighted by Gasteiger charge is 2.48. The summed E-state index contributed by atoms with van der Waals surface area (Å²) in [4.78, 5) is 0. The molecule has 3 aliphatic carbocycles. The van der Waals surface area contributed by atoms with Gasteiger partial charge >= 0.3 is 0 Å². The molecule has 3 saturated carbocycles. The lowest BCUT2D eigenvalue weighted by atomic mass is 9.96. The van der Waals surface area contributed by atoms with Gasteiger partial charge < -0.3 is 18.8 Å². The van der Waals surface area contributed by atoms with Crippen molar-refractivity contribution in [2.75, 3.05) is 21.3 Å². The summed E-state index contributed by atoms with van der Waals surface area (Å²) in [6.45, 7) is 0. The SMILES string of the molecule is COC1CCC(P(=O)(C2CCC(OC)CC2)C2CCC(OC)CC2)CC1. The second-order valence-electron chi connectivity index (χ2n) is 8.76. The highest BCUT2D eigenvalue weighted by Crippen LogP contribution is 2.68. The van der Waals surface area contributed by atoms with E-state index in [1.807, 2.05) is 21.3 Å². The van der Waals surface area contributed by atoms with Crippen LogP contribution in [-0.2, 0) is 18.8 Å². The highest BCUT2D eigenvalue weighted by molar-refractivity contribution is 7.66. The zero-order valence-corrected chi connectivity index (χ0v) is 17.9. The van der Waals surface area contributed by atoms with Crippen LogP contribution in [0.5, 0.6) is 0 Å². The Balaban J connectivity index is 1.74. The molecule has 3 aliphatic rings. The number of methoxy groups -OCH3 is 3. The maximum Gasteiger partial charge on any atom is 0.0965 e. The fraction of sp³-hybridized carbons (Fsp3) is 1.00. The van der Waals surface area contributed by atoms with Gasteiger partial charge in [0.25, 0.3) is 0 Å². The molecule has 0 N–H and O–H groups in total. The molecule has 0 bridgehead atoms. The smallest absolute Gasteiger partial charge is 0.0965 e. The number of hydrogen-bond donors (Lipinski definition) is 0. The van der Waals surface area contributed by atoms with Crippen LogP contribution in [0.4, 0.5) is 0 Å². The Bertz CT molecular complexity index is 392. The van der Waals surface area contributed by atoms with Crippen molar-refractivity contribution in [1.29, 1.82) is 0 Å². The lowest BCUT2D eigenvalue weighted by Gasteiger charge is -2.46. The summed E-state index contributed by atoms with van der Waals surface area (Å²) in [6, 6.07) is 0. The van der Waals surface area contributed by atoms with Crippen molar-refractivity contribution in [2.24, 2.45) is 0 Å². The van der Waals surface area contributed by atoms with E-state index in [0.717, 1.165) is 77.0 Å². The van der Waals surface area contributed by atoms with Crippen LogP contribution in [0.3, 0.4) is 0 Å². The zero-order chi connectivity index (χ0) is 18.6. The molecule has 3 fully saturated rings. The molecular weight excluding hydrogens is 347 g/mol. The van der Waals surface area contributed by atoms with Crippen molar-refractivity contribution < 1.29 is 18.8 Å². The van der Waals surface area contributed by atoms with Gasteiger partial charge in [0.15, 0.2) is 0 Å². The van der Waals surface area contributed by atoms with E-state index in [-0.39, 0.29) is 0 Å². The summed E-state index contributed by atoms with van der Waals surface area (Å²) in [5.74, 6) is 0. The van der Waals surface area contributed by atoms with Gasteiger partial charge in [-0.15, -0.1) is 0 Å².